The van der Waals surface area contributed by atoms with Crippen molar-refractivity contribution in [1.29, 1.82) is 0 Å². The summed E-state index contributed by atoms with van der Waals surface area (Å²) in [5, 5.41) is 2.77. The first-order valence-corrected chi connectivity index (χ1v) is 8.33. The van der Waals surface area contributed by atoms with E-state index in [1.807, 2.05) is 55.6 Å². The van der Waals surface area contributed by atoms with Gasteiger partial charge >= 0.3 is 0 Å². The maximum Gasteiger partial charge on any atom is 0.261 e. The Hall–Kier alpha value is -2.77. The summed E-state index contributed by atoms with van der Waals surface area (Å²) >= 11 is 0. The van der Waals surface area contributed by atoms with Crippen LogP contribution in [0.5, 0.6) is 5.75 Å². The Balaban J connectivity index is 1.66. The number of carbonyl (C=O) groups is 1. The van der Waals surface area contributed by atoms with Gasteiger partial charge in [0.25, 0.3) is 5.91 Å². The van der Waals surface area contributed by atoms with Crippen LogP contribution in [0.15, 0.2) is 60.7 Å². The molecule has 0 aliphatic rings. The van der Waals surface area contributed by atoms with Crippen molar-refractivity contribution in [3.63, 3.8) is 0 Å². The van der Waals surface area contributed by atoms with E-state index in [4.69, 9.17) is 4.74 Å². The van der Waals surface area contributed by atoms with Crippen LogP contribution in [0.4, 0.5) is 0 Å². The van der Waals surface area contributed by atoms with Crippen molar-refractivity contribution in [2.24, 2.45) is 0 Å². The van der Waals surface area contributed by atoms with Crippen LogP contribution in [-0.2, 0) is 11.3 Å². The van der Waals surface area contributed by atoms with E-state index in [0.29, 0.717) is 18.8 Å². The highest BCUT2D eigenvalue weighted by molar-refractivity contribution is 5.80. The first-order valence-electron chi connectivity index (χ1n) is 8.33. The van der Waals surface area contributed by atoms with Gasteiger partial charge in [0, 0.05) is 6.54 Å². The zero-order chi connectivity index (χ0) is 17.9. The number of ether oxygens (including phenoxy) is 1. The van der Waals surface area contributed by atoms with Crippen molar-refractivity contribution >= 4 is 5.91 Å². The van der Waals surface area contributed by atoms with Crippen molar-refractivity contribution in [1.82, 2.24) is 10.2 Å². The van der Waals surface area contributed by atoms with E-state index >= 15 is 0 Å². The molecule has 0 unspecified atom stereocenters. The minimum Gasteiger partial charge on any atom is -0.481 e. The Morgan fingerprint density at radius 1 is 1.08 bits per heavy atom. The number of para-hydroxylation sites is 1. The van der Waals surface area contributed by atoms with Crippen molar-refractivity contribution < 1.29 is 9.53 Å². The number of amides is 1. The van der Waals surface area contributed by atoms with E-state index in [2.05, 4.69) is 34.2 Å². The summed E-state index contributed by atoms with van der Waals surface area (Å²) in [5.41, 5.74) is 1.26. The van der Waals surface area contributed by atoms with Crippen LogP contribution in [0, 0.1) is 11.8 Å². The van der Waals surface area contributed by atoms with Gasteiger partial charge in [0.05, 0.1) is 13.1 Å². The second-order valence-corrected chi connectivity index (χ2v) is 5.80. The molecule has 2 rings (SSSR count). The highest BCUT2D eigenvalue weighted by Gasteiger charge is 2.13. The van der Waals surface area contributed by atoms with Gasteiger partial charge in [-0.3, -0.25) is 9.69 Å². The number of nitrogens with one attached hydrogen (secondary N) is 1. The Morgan fingerprint density at radius 3 is 2.40 bits per heavy atom. The number of nitrogens with zero attached hydrogens (tertiary/aromatic N) is 1. The fourth-order valence-corrected chi connectivity index (χ4v) is 2.24. The summed E-state index contributed by atoms with van der Waals surface area (Å²) in [6.45, 7) is 3.55. The smallest absolute Gasteiger partial charge is 0.261 e. The van der Waals surface area contributed by atoms with Crippen molar-refractivity contribution in [2.45, 2.75) is 19.6 Å². The highest BCUT2D eigenvalue weighted by Crippen LogP contribution is 2.10. The molecule has 1 atom stereocenters. The molecular formula is C21H24N2O2. The molecule has 0 aromatic heterocycles. The fourth-order valence-electron chi connectivity index (χ4n) is 2.24. The number of carbonyl (C=O) groups excluding carboxylic acids is 1. The molecule has 0 spiro atoms. The lowest BCUT2D eigenvalue weighted by molar-refractivity contribution is -0.126. The normalized spacial score (nSPS) is 11.3. The van der Waals surface area contributed by atoms with E-state index in [9.17, 15) is 4.79 Å². The molecule has 2 aromatic rings. The number of benzene rings is 2. The van der Waals surface area contributed by atoms with E-state index < -0.39 is 6.10 Å². The molecule has 4 heteroatoms. The molecule has 0 bridgehead atoms. The zero-order valence-corrected chi connectivity index (χ0v) is 14.7. The van der Waals surface area contributed by atoms with E-state index in [1.165, 1.54) is 5.56 Å². The summed E-state index contributed by atoms with van der Waals surface area (Å²) in [7, 11) is 2.02. The third-order valence-corrected chi connectivity index (χ3v) is 3.55. The van der Waals surface area contributed by atoms with Crippen LogP contribution >= 0.6 is 0 Å². The second-order valence-electron chi connectivity index (χ2n) is 5.80. The largest absolute Gasteiger partial charge is 0.481 e. The van der Waals surface area contributed by atoms with E-state index in [1.54, 1.807) is 6.92 Å². The molecule has 0 aliphatic heterocycles. The Bertz CT molecular complexity index is 705. The lowest BCUT2D eigenvalue weighted by Gasteiger charge is -2.14. The average molecular weight is 336 g/mol. The molecule has 0 aliphatic carbocycles. The number of rotatable bonds is 7. The third kappa shape index (κ3) is 7.11. The first-order chi connectivity index (χ1) is 12.1. The maximum absolute atomic E-state index is 12.0. The predicted molar refractivity (Wildman–Crippen MR) is 100 cm³/mol. The minimum absolute atomic E-state index is 0.171. The monoisotopic (exact) mass is 336 g/mol. The number of hydrogen-bond acceptors (Lipinski definition) is 3. The molecule has 0 radical (unpaired) electrons. The van der Waals surface area contributed by atoms with Gasteiger partial charge in [0.1, 0.15) is 5.75 Å². The molecule has 0 saturated heterocycles. The molecule has 0 saturated carbocycles. The maximum atomic E-state index is 12.0. The van der Waals surface area contributed by atoms with Gasteiger partial charge in [-0.2, -0.15) is 0 Å². The molecule has 1 N–H and O–H groups in total. The topological polar surface area (TPSA) is 41.6 Å². The Labute approximate surface area is 149 Å². The van der Waals surface area contributed by atoms with Crippen LogP contribution in [-0.4, -0.2) is 37.0 Å². The molecule has 0 fully saturated rings. The molecule has 130 valence electrons. The van der Waals surface area contributed by atoms with Crippen molar-refractivity contribution in [3.05, 3.63) is 66.2 Å². The average Bonchev–Trinajstić information content (AvgIpc) is 2.63. The van der Waals surface area contributed by atoms with Gasteiger partial charge in [-0.15, -0.1) is 0 Å². The summed E-state index contributed by atoms with van der Waals surface area (Å²) < 4.78 is 5.57. The summed E-state index contributed by atoms with van der Waals surface area (Å²) in [4.78, 5) is 14.1. The lowest BCUT2D eigenvalue weighted by atomic mass is 10.2. The minimum atomic E-state index is -0.551. The van der Waals surface area contributed by atoms with Gasteiger partial charge in [-0.05, 0) is 31.7 Å². The van der Waals surface area contributed by atoms with Crippen LogP contribution in [0.25, 0.3) is 0 Å². The Kier molecular flexibility index (Phi) is 7.55. The highest BCUT2D eigenvalue weighted by atomic mass is 16.5. The fraction of sp³-hybridized carbons (Fsp3) is 0.286. The second kappa shape index (κ2) is 10.2. The van der Waals surface area contributed by atoms with Gasteiger partial charge in [-0.25, -0.2) is 0 Å². The third-order valence-electron chi connectivity index (χ3n) is 3.55. The molecule has 25 heavy (non-hydrogen) atoms. The van der Waals surface area contributed by atoms with Crippen LogP contribution < -0.4 is 10.1 Å². The van der Waals surface area contributed by atoms with Gasteiger partial charge in [0.2, 0.25) is 0 Å². The van der Waals surface area contributed by atoms with Crippen LogP contribution in [0.2, 0.25) is 0 Å². The molecule has 4 nitrogen and oxygen atoms in total. The lowest BCUT2D eigenvalue weighted by Crippen LogP contribution is -2.36. The quantitative estimate of drug-likeness (QED) is 0.791. The zero-order valence-electron chi connectivity index (χ0n) is 14.7. The van der Waals surface area contributed by atoms with Gasteiger partial charge < -0.3 is 10.1 Å². The Morgan fingerprint density at radius 2 is 1.72 bits per heavy atom. The van der Waals surface area contributed by atoms with E-state index in [-0.39, 0.29) is 5.91 Å². The number of hydrogen-bond donors (Lipinski definition) is 1. The molecule has 1 amide bonds. The van der Waals surface area contributed by atoms with Crippen molar-refractivity contribution in [3.8, 4) is 17.6 Å². The van der Waals surface area contributed by atoms with E-state index in [0.717, 1.165) is 6.54 Å². The summed E-state index contributed by atoms with van der Waals surface area (Å²) in [6.07, 6.45) is -0.551. The molecule has 2 aromatic carbocycles. The SMILES string of the molecule is C[C@H](Oc1ccccc1)C(=O)NCC#CCN(C)Cc1ccccc1. The summed E-state index contributed by atoms with van der Waals surface area (Å²) in [6, 6.07) is 19.6. The molecule has 0 heterocycles. The van der Waals surface area contributed by atoms with Crippen LogP contribution in [0.1, 0.15) is 12.5 Å². The van der Waals surface area contributed by atoms with Gasteiger partial charge in [-0.1, -0.05) is 60.4 Å². The van der Waals surface area contributed by atoms with Crippen molar-refractivity contribution in [2.75, 3.05) is 20.1 Å². The predicted octanol–water partition coefficient (Wildman–Crippen LogP) is 2.71. The molecular weight excluding hydrogens is 312 g/mol. The first kappa shape index (κ1) is 18.6. The van der Waals surface area contributed by atoms with Crippen LogP contribution in [0.3, 0.4) is 0 Å². The summed E-state index contributed by atoms with van der Waals surface area (Å²) in [5.74, 6) is 6.55. The standard InChI is InChI=1S/C21H24N2O2/c1-18(25-20-13-7-4-8-14-20)21(24)22-15-9-10-16-23(2)17-19-11-5-3-6-12-19/h3-8,11-14,18H,15-17H2,1-2H3,(H,22,24)/t18-/m0/s1. The van der Waals surface area contributed by atoms with Gasteiger partial charge in [0.15, 0.2) is 6.10 Å².